The van der Waals surface area contributed by atoms with Crippen LogP contribution in [0, 0.1) is 0 Å². The van der Waals surface area contributed by atoms with Crippen molar-refractivity contribution >= 4 is 27.7 Å². The molecule has 2 atom stereocenters. The predicted octanol–water partition coefficient (Wildman–Crippen LogP) is 5.11. The number of hydrogen-bond acceptors (Lipinski definition) is 11. The number of nitrogens with two attached hydrogens (primary N) is 1. The number of likely N-dealkylation sites (tertiary alicyclic amines) is 1. The Morgan fingerprint density at radius 2 is 1.57 bits per heavy atom. The van der Waals surface area contributed by atoms with Crippen molar-refractivity contribution in [3.63, 3.8) is 0 Å². The van der Waals surface area contributed by atoms with Crippen molar-refractivity contribution in [2.45, 2.75) is 106 Å². The molecule has 2 aromatic carbocycles. The Morgan fingerprint density at radius 1 is 0.962 bits per heavy atom. The Hall–Kier alpha value is -4.13. The van der Waals surface area contributed by atoms with Gasteiger partial charge in [-0.15, -0.1) is 13.2 Å². The van der Waals surface area contributed by atoms with E-state index in [1.54, 1.807) is 20.8 Å². The summed E-state index contributed by atoms with van der Waals surface area (Å²) in [5.41, 5.74) is 7.14. The van der Waals surface area contributed by atoms with Crippen LogP contribution in [0.1, 0.15) is 72.1 Å². The van der Waals surface area contributed by atoms with Gasteiger partial charge in [-0.3, -0.25) is 9.59 Å². The summed E-state index contributed by atoms with van der Waals surface area (Å²) in [6, 6.07) is 8.86. The summed E-state index contributed by atoms with van der Waals surface area (Å²) >= 11 is 0. The average Bonchev–Trinajstić information content (AvgIpc) is 3.10. The molecule has 14 nitrogen and oxygen atoms in total. The van der Waals surface area contributed by atoms with E-state index < -0.39 is 62.5 Å². The SMILES string of the molecule is CC(C)(C)OC(=O)N[C@@H](CCCCN)C(=O)N1CCC(C(=O)NOC2CCCCO2)(S(=O)(=O)c2ccc(Oc3ccc(OC(F)(F)F)cc3)cc2)CC1. The predicted molar refractivity (Wildman–Crippen MR) is 184 cm³/mol. The molecule has 0 saturated carbocycles. The van der Waals surface area contributed by atoms with Crippen molar-refractivity contribution in [3.8, 4) is 17.2 Å². The Kier molecular flexibility index (Phi) is 14.0. The number of nitrogens with one attached hydrogen (secondary N) is 2. The first-order valence-corrected chi connectivity index (χ1v) is 18.9. The Bertz CT molecular complexity index is 1640. The molecule has 2 aliphatic rings. The molecule has 0 bridgehead atoms. The summed E-state index contributed by atoms with van der Waals surface area (Å²) in [5.74, 6) is -1.49. The number of unbranched alkanes of at least 4 members (excludes halogenated alkanes) is 1. The van der Waals surface area contributed by atoms with Gasteiger partial charge in [0, 0.05) is 26.1 Å². The highest BCUT2D eigenvalue weighted by molar-refractivity contribution is 7.93. The number of amides is 3. The number of halogens is 3. The summed E-state index contributed by atoms with van der Waals surface area (Å²) in [6.07, 6.45) is -3.45. The van der Waals surface area contributed by atoms with Crippen LogP contribution in [0.3, 0.4) is 0 Å². The van der Waals surface area contributed by atoms with Crippen molar-refractivity contribution in [2.75, 3.05) is 26.2 Å². The molecular weight excluding hydrogens is 725 g/mol. The maximum absolute atomic E-state index is 14.4. The quantitative estimate of drug-likeness (QED) is 0.171. The third-order valence-corrected chi connectivity index (χ3v) is 11.1. The smallest absolute Gasteiger partial charge is 0.457 e. The highest BCUT2D eigenvalue weighted by Gasteiger charge is 2.54. The van der Waals surface area contributed by atoms with Crippen LogP contribution < -0.4 is 26.0 Å². The molecule has 0 radical (unpaired) electrons. The van der Waals surface area contributed by atoms with E-state index in [0.29, 0.717) is 32.4 Å². The number of sulfone groups is 1. The lowest BCUT2D eigenvalue weighted by Gasteiger charge is -2.41. The number of rotatable bonds is 14. The zero-order valence-corrected chi connectivity index (χ0v) is 30.7. The molecule has 4 rings (SSSR count). The van der Waals surface area contributed by atoms with Crippen molar-refractivity contribution < 1.29 is 59.8 Å². The Balaban J connectivity index is 1.53. The fourth-order valence-corrected chi connectivity index (χ4v) is 7.85. The van der Waals surface area contributed by atoms with Gasteiger partial charge in [-0.1, -0.05) is 0 Å². The number of carbonyl (C=O) groups is 3. The number of ether oxygens (including phenoxy) is 4. The monoisotopic (exact) mass is 772 g/mol. The average molecular weight is 773 g/mol. The number of alkyl halides is 3. The molecule has 0 aliphatic carbocycles. The van der Waals surface area contributed by atoms with E-state index in [-0.39, 0.29) is 48.7 Å². The van der Waals surface area contributed by atoms with Gasteiger partial charge < -0.3 is 34.9 Å². The number of hydroxylamine groups is 1. The van der Waals surface area contributed by atoms with Crippen molar-refractivity contribution in [3.05, 3.63) is 48.5 Å². The van der Waals surface area contributed by atoms with Gasteiger partial charge in [0.05, 0.1) is 4.90 Å². The molecule has 2 aliphatic heterocycles. The summed E-state index contributed by atoms with van der Waals surface area (Å²) in [7, 11) is -4.47. The fourth-order valence-electron chi connectivity index (χ4n) is 5.90. The van der Waals surface area contributed by atoms with Gasteiger partial charge in [-0.2, -0.15) is 0 Å². The number of carbonyl (C=O) groups excluding carboxylic acids is 3. The highest BCUT2D eigenvalue weighted by atomic mass is 32.2. The van der Waals surface area contributed by atoms with Crippen LogP contribution in [-0.4, -0.2) is 86.5 Å². The standard InChI is InChI=1S/C35H47F3N4O10S/c1-33(2,3)51-32(45)40-28(8-4-6-20-39)30(43)42-21-18-34(19-22-42,31(44)41-52-29-9-5-7-23-48-29)53(46,47)27-16-14-25(15-17-27)49-24-10-12-26(13-11-24)50-35(36,37)38/h10-17,28-29H,4-9,18-23,39H2,1-3H3,(H,40,45)(H,41,44)/t28-,29?/m0/s1. The summed E-state index contributed by atoms with van der Waals surface area (Å²) in [4.78, 5) is 47.0. The second kappa shape index (κ2) is 17.8. The Morgan fingerprint density at radius 3 is 2.11 bits per heavy atom. The topological polar surface area (TPSA) is 185 Å². The van der Waals surface area contributed by atoms with E-state index in [9.17, 15) is 36.0 Å². The molecule has 0 spiro atoms. The number of hydrogen-bond donors (Lipinski definition) is 3. The van der Waals surface area contributed by atoms with Gasteiger partial charge in [0.15, 0.2) is 20.9 Å². The summed E-state index contributed by atoms with van der Waals surface area (Å²) in [6.45, 7) is 5.62. The molecule has 294 valence electrons. The molecule has 2 aromatic rings. The molecule has 4 N–H and O–H groups in total. The van der Waals surface area contributed by atoms with Gasteiger partial charge in [-0.05, 0) is 121 Å². The van der Waals surface area contributed by atoms with Crippen LogP contribution in [0.4, 0.5) is 18.0 Å². The van der Waals surface area contributed by atoms with Crippen LogP contribution >= 0.6 is 0 Å². The first-order valence-electron chi connectivity index (χ1n) is 17.4. The van der Waals surface area contributed by atoms with Gasteiger partial charge in [-0.25, -0.2) is 23.5 Å². The van der Waals surface area contributed by atoms with Crippen LogP contribution in [0.2, 0.25) is 0 Å². The highest BCUT2D eigenvalue weighted by Crippen LogP contribution is 2.38. The van der Waals surface area contributed by atoms with E-state index in [4.69, 9.17) is 24.8 Å². The van der Waals surface area contributed by atoms with Gasteiger partial charge in [0.1, 0.15) is 28.9 Å². The van der Waals surface area contributed by atoms with E-state index >= 15 is 0 Å². The fraction of sp³-hybridized carbons (Fsp3) is 0.571. The second-order valence-electron chi connectivity index (χ2n) is 13.7. The Labute approximate surface area is 306 Å². The zero-order valence-electron chi connectivity index (χ0n) is 29.9. The first kappa shape index (κ1) is 41.6. The second-order valence-corrected chi connectivity index (χ2v) is 16.0. The van der Waals surface area contributed by atoms with Crippen LogP contribution in [0.25, 0.3) is 0 Å². The number of benzene rings is 2. The van der Waals surface area contributed by atoms with Crippen LogP contribution in [0.15, 0.2) is 53.4 Å². The molecule has 2 fully saturated rings. The molecule has 2 heterocycles. The number of nitrogens with zero attached hydrogens (tertiary/aromatic N) is 1. The number of piperidine rings is 1. The molecule has 3 amide bonds. The molecular formula is C35H47F3N4O10S. The molecule has 2 saturated heterocycles. The minimum absolute atomic E-state index is 0.135. The molecule has 18 heteroatoms. The van der Waals surface area contributed by atoms with Gasteiger partial charge in [0.2, 0.25) is 5.91 Å². The minimum atomic E-state index is -4.86. The molecule has 0 aromatic heterocycles. The zero-order chi connectivity index (χ0) is 38.9. The lowest BCUT2D eigenvalue weighted by Crippen LogP contribution is -2.60. The van der Waals surface area contributed by atoms with Crippen molar-refractivity contribution in [1.82, 2.24) is 15.7 Å². The lowest BCUT2D eigenvalue weighted by atomic mass is 9.94. The molecule has 1 unspecified atom stereocenters. The van der Waals surface area contributed by atoms with E-state index in [1.165, 1.54) is 41.3 Å². The van der Waals surface area contributed by atoms with Gasteiger partial charge in [0.25, 0.3) is 5.91 Å². The van der Waals surface area contributed by atoms with Crippen LogP contribution in [-0.2, 0) is 33.7 Å². The lowest BCUT2D eigenvalue weighted by molar-refractivity contribution is -0.274. The maximum atomic E-state index is 14.4. The molecule has 53 heavy (non-hydrogen) atoms. The number of alkyl carbamates (subject to hydrolysis) is 1. The largest absolute Gasteiger partial charge is 0.573 e. The minimum Gasteiger partial charge on any atom is -0.457 e. The van der Waals surface area contributed by atoms with E-state index in [1.807, 2.05) is 0 Å². The maximum Gasteiger partial charge on any atom is 0.573 e. The summed E-state index contributed by atoms with van der Waals surface area (Å²) < 4.78 is 84.7. The third-order valence-electron chi connectivity index (χ3n) is 8.60. The first-order chi connectivity index (χ1) is 24.9. The normalized spacial score (nSPS) is 18.4. The summed E-state index contributed by atoms with van der Waals surface area (Å²) in [5, 5.41) is 2.63. The van der Waals surface area contributed by atoms with Crippen molar-refractivity contribution in [1.29, 1.82) is 0 Å². The third kappa shape index (κ3) is 11.7. The van der Waals surface area contributed by atoms with Crippen LogP contribution in [0.5, 0.6) is 17.2 Å². The van der Waals surface area contributed by atoms with E-state index in [2.05, 4.69) is 15.5 Å². The van der Waals surface area contributed by atoms with Gasteiger partial charge >= 0.3 is 12.5 Å². The van der Waals surface area contributed by atoms with E-state index in [0.717, 1.165) is 25.0 Å². The van der Waals surface area contributed by atoms with Crippen molar-refractivity contribution in [2.24, 2.45) is 5.73 Å².